The van der Waals surface area contributed by atoms with Gasteiger partial charge in [0.25, 0.3) is 5.91 Å². The number of benzene rings is 3. The van der Waals surface area contributed by atoms with Gasteiger partial charge < -0.3 is 10.0 Å². The van der Waals surface area contributed by atoms with E-state index in [4.69, 9.17) is 0 Å². The number of fused-ring (bicyclic) bond motifs is 2. The van der Waals surface area contributed by atoms with Gasteiger partial charge in [0.15, 0.2) is 11.4 Å². The zero-order valence-electron chi connectivity index (χ0n) is 13.8. The Kier molecular flexibility index (Phi) is 3.44. The number of carbonyl (C=O) groups is 2. The summed E-state index contributed by atoms with van der Waals surface area (Å²) in [6, 6.07) is 20.1. The molecule has 3 aromatic rings. The highest BCUT2D eigenvalue weighted by molar-refractivity contribution is 6.13. The number of ketones is 1. The smallest absolute Gasteiger partial charge is 0.263 e. The molecule has 0 radical (unpaired) electrons. The lowest BCUT2D eigenvalue weighted by Crippen LogP contribution is -2.40. The van der Waals surface area contributed by atoms with Gasteiger partial charge in [-0.3, -0.25) is 9.59 Å². The molecule has 0 saturated heterocycles. The van der Waals surface area contributed by atoms with Crippen molar-refractivity contribution in [3.05, 3.63) is 77.9 Å². The number of likely N-dealkylation sites (N-methyl/N-ethyl adjacent to an activating group) is 1. The molecule has 0 unspecified atom stereocenters. The molecule has 1 amide bonds. The van der Waals surface area contributed by atoms with Gasteiger partial charge in [-0.1, -0.05) is 60.7 Å². The molecule has 3 aromatic carbocycles. The van der Waals surface area contributed by atoms with Crippen LogP contribution in [0.2, 0.25) is 0 Å². The van der Waals surface area contributed by atoms with Crippen LogP contribution in [0.5, 0.6) is 0 Å². The number of para-hydroxylation sites is 1. The Hall–Kier alpha value is -2.98. The summed E-state index contributed by atoms with van der Waals surface area (Å²) >= 11 is 0. The van der Waals surface area contributed by atoms with Crippen molar-refractivity contribution in [2.24, 2.45) is 0 Å². The van der Waals surface area contributed by atoms with Gasteiger partial charge in [-0.05, 0) is 16.8 Å². The predicted molar refractivity (Wildman–Crippen MR) is 96.6 cm³/mol. The van der Waals surface area contributed by atoms with Crippen molar-refractivity contribution in [3.63, 3.8) is 0 Å². The molecule has 0 aliphatic carbocycles. The van der Waals surface area contributed by atoms with Crippen molar-refractivity contribution in [1.82, 2.24) is 0 Å². The van der Waals surface area contributed by atoms with Gasteiger partial charge in [0.2, 0.25) is 0 Å². The van der Waals surface area contributed by atoms with Crippen LogP contribution in [0.15, 0.2) is 66.7 Å². The summed E-state index contributed by atoms with van der Waals surface area (Å²) in [7, 11) is 1.61. The highest BCUT2D eigenvalue weighted by atomic mass is 16.3. The normalized spacial score (nSPS) is 19.3. The van der Waals surface area contributed by atoms with Crippen molar-refractivity contribution in [1.29, 1.82) is 0 Å². The molecular weight excluding hydrogens is 314 g/mol. The lowest BCUT2D eigenvalue weighted by molar-refractivity contribution is -0.135. The minimum atomic E-state index is -1.82. The van der Waals surface area contributed by atoms with E-state index in [-0.39, 0.29) is 12.2 Å². The molecule has 1 aliphatic heterocycles. The standard InChI is InChI=1S/C21H17NO3/c1-22-18-12-5-4-11-17(18)21(25,20(22)24)13-19(23)16-10-6-8-14-7-2-3-9-15(14)16/h2-12,25H,13H2,1H3/t21-/m0/s1. The minimum Gasteiger partial charge on any atom is -0.375 e. The lowest BCUT2D eigenvalue weighted by atomic mass is 9.87. The number of amides is 1. The first kappa shape index (κ1) is 15.5. The number of anilines is 1. The molecule has 1 heterocycles. The van der Waals surface area contributed by atoms with Gasteiger partial charge >= 0.3 is 0 Å². The van der Waals surface area contributed by atoms with E-state index in [1.807, 2.05) is 36.4 Å². The Bertz CT molecular complexity index is 1010. The van der Waals surface area contributed by atoms with E-state index >= 15 is 0 Å². The van der Waals surface area contributed by atoms with Crippen molar-refractivity contribution in [2.75, 3.05) is 11.9 Å². The van der Waals surface area contributed by atoms with E-state index in [9.17, 15) is 14.7 Å². The largest absolute Gasteiger partial charge is 0.375 e. The van der Waals surface area contributed by atoms with E-state index in [0.717, 1.165) is 10.8 Å². The summed E-state index contributed by atoms with van der Waals surface area (Å²) in [6.45, 7) is 0. The summed E-state index contributed by atoms with van der Waals surface area (Å²) in [4.78, 5) is 27.0. The number of nitrogens with zero attached hydrogens (tertiary/aromatic N) is 1. The van der Waals surface area contributed by atoms with Gasteiger partial charge in [0.05, 0.1) is 12.1 Å². The van der Waals surface area contributed by atoms with Crippen LogP contribution < -0.4 is 4.90 Å². The molecule has 0 saturated carbocycles. The van der Waals surface area contributed by atoms with Gasteiger partial charge in [0.1, 0.15) is 0 Å². The molecule has 4 heteroatoms. The third-order valence-corrected chi connectivity index (χ3v) is 4.88. The van der Waals surface area contributed by atoms with Crippen LogP contribution in [0.4, 0.5) is 5.69 Å². The SMILES string of the molecule is CN1C(=O)[C@](O)(CC(=O)c2cccc3ccccc23)c2ccccc21. The number of hydrogen-bond donors (Lipinski definition) is 1. The van der Waals surface area contributed by atoms with Crippen LogP contribution in [0.3, 0.4) is 0 Å². The Morgan fingerprint density at radius 2 is 1.68 bits per heavy atom. The molecular formula is C21H17NO3. The lowest BCUT2D eigenvalue weighted by Gasteiger charge is -2.21. The highest BCUT2D eigenvalue weighted by Gasteiger charge is 2.49. The second-order valence-corrected chi connectivity index (χ2v) is 6.37. The number of hydrogen-bond acceptors (Lipinski definition) is 3. The van der Waals surface area contributed by atoms with Gasteiger partial charge in [-0.2, -0.15) is 0 Å². The van der Waals surface area contributed by atoms with Crippen molar-refractivity contribution >= 4 is 28.2 Å². The monoisotopic (exact) mass is 331 g/mol. The first-order chi connectivity index (χ1) is 12.0. The van der Waals surface area contributed by atoms with E-state index in [0.29, 0.717) is 16.8 Å². The molecule has 0 spiro atoms. The Morgan fingerprint density at radius 1 is 1.00 bits per heavy atom. The molecule has 4 rings (SSSR count). The van der Waals surface area contributed by atoms with Crippen molar-refractivity contribution in [2.45, 2.75) is 12.0 Å². The fraction of sp³-hybridized carbons (Fsp3) is 0.143. The summed E-state index contributed by atoms with van der Waals surface area (Å²) in [5.74, 6) is -0.722. The fourth-order valence-corrected chi connectivity index (χ4v) is 3.58. The third kappa shape index (κ3) is 2.26. The first-order valence-electron chi connectivity index (χ1n) is 8.13. The zero-order valence-corrected chi connectivity index (χ0v) is 13.8. The van der Waals surface area contributed by atoms with Gasteiger partial charge in [-0.25, -0.2) is 0 Å². The molecule has 0 fully saturated rings. The number of Topliss-reactive ketones (excluding diaryl/α,β-unsaturated/α-hetero) is 1. The van der Waals surface area contributed by atoms with Gasteiger partial charge in [-0.15, -0.1) is 0 Å². The fourth-order valence-electron chi connectivity index (χ4n) is 3.58. The van der Waals surface area contributed by atoms with Crippen LogP contribution in [-0.4, -0.2) is 23.8 Å². The Morgan fingerprint density at radius 3 is 2.52 bits per heavy atom. The zero-order chi connectivity index (χ0) is 17.6. The second kappa shape index (κ2) is 5.53. The summed E-state index contributed by atoms with van der Waals surface area (Å²) in [5, 5.41) is 12.9. The second-order valence-electron chi connectivity index (χ2n) is 6.37. The summed E-state index contributed by atoms with van der Waals surface area (Å²) in [6.07, 6.45) is -0.277. The molecule has 1 N–H and O–H groups in total. The van der Waals surface area contributed by atoms with Crippen LogP contribution in [-0.2, 0) is 10.4 Å². The van der Waals surface area contributed by atoms with Crippen molar-refractivity contribution in [3.8, 4) is 0 Å². The minimum absolute atomic E-state index is 0.252. The molecule has 1 atom stereocenters. The van der Waals surface area contributed by atoms with Crippen LogP contribution in [0.25, 0.3) is 10.8 Å². The first-order valence-corrected chi connectivity index (χ1v) is 8.13. The molecule has 0 bridgehead atoms. The predicted octanol–water partition coefficient (Wildman–Crippen LogP) is 3.28. The molecule has 1 aliphatic rings. The van der Waals surface area contributed by atoms with E-state index in [2.05, 4.69) is 0 Å². The molecule has 0 aromatic heterocycles. The maximum atomic E-state index is 13.0. The Labute approximate surface area is 145 Å². The average Bonchev–Trinajstić information content (AvgIpc) is 2.83. The van der Waals surface area contributed by atoms with E-state index in [1.165, 1.54) is 4.90 Å². The van der Waals surface area contributed by atoms with Crippen LogP contribution in [0.1, 0.15) is 22.3 Å². The number of carbonyl (C=O) groups excluding carboxylic acids is 2. The summed E-state index contributed by atoms with van der Waals surface area (Å²) < 4.78 is 0. The number of aliphatic hydroxyl groups is 1. The highest BCUT2D eigenvalue weighted by Crippen LogP contribution is 2.42. The van der Waals surface area contributed by atoms with Crippen LogP contribution in [0, 0.1) is 0 Å². The topological polar surface area (TPSA) is 57.6 Å². The molecule has 4 nitrogen and oxygen atoms in total. The molecule has 25 heavy (non-hydrogen) atoms. The molecule has 124 valence electrons. The van der Waals surface area contributed by atoms with Crippen LogP contribution >= 0.6 is 0 Å². The van der Waals surface area contributed by atoms with Crippen molar-refractivity contribution < 1.29 is 14.7 Å². The number of rotatable bonds is 3. The Balaban J connectivity index is 1.77. The van der Waals surface area contributed by atoms with E-state index in [1.54, 1.807) is 37.4 Å². The summed E-state index contributed by atoms with van der Waals surface area (Å²) in [5.41, 5.74) is -0.178. The van der Waals surface area contributed by atoms with E-state index < -0.39 is 11.5 Å². The quantitative estimate of drug-likeness (QED) is 0.749. The maximum Gasteiger partial charge on any atom is 0.263 e. The average molecular weight is 331 g/mol. The maximum absolute atomic E-state index is 13.0. The third-order valence-electron chi connectivity index (χ3n) is 4.88. The van der Waals surface area contributed by atoms with Gasteiger partial charge in [0, 0.05) is 18.2 Å².